The second-order valence-corrected chi connectivity index (χ2v) is 3.78. The zero-order valence-corrected chi connectivity index (χ0v) is 8.84. The van der Waals surface area contributed by atoms with Gasteiger partial charge in [-0.25, -0.2) is 0 Å². The van der Waals surface area contributed by atoms with E-state index < -0.39 is 0 Å². The van der Waals surface area contributed by atoms with Crippen LogP contribution in [0.2, 0.25) is 0 Å². The van der Waals surface area contributed by atoms with Crippen LogP contribution in [0.5, 0.6) is 0 Å². The van der Waals surface area contributed by atoms with Gasteiger partial charge in [-0.2, -0.15) is 0 Å². The maximum Gasteiger partial charge on any atom is 0.141 e. The van der Waals surface area contributed by atoms with E-state index in [1.54, 1.807) is 0 Å². The fourth-order valence-electron chi connectivity index (χ4n) is 1.42. The van der Waals surface area contributed by atoms with E-state index in [-0.39, 0.29) is 5.78 Å². The third-order valence-corrected chi connectivity index (χ3v) is 2.15. The van der Waals surface area contributed by atoms with Gasteiger partial charge < -0.3 is 0 Å². The van der Waals surface area contributed by atoms with Crippen LogP contribution in [0.4, 0.5) is 0 Å². The molecule has 0 spiro atoms. The summed E-state index contributed by atoms with van der Waals surface area (Å²) < 4.78 is 0. The van der Waals surface area contributed by atoms with Crippen LogP contribution < -0.4 is 0 Å². The summed E-state index contributed by atoms with van der Waals surface area (Å²) in [5.41, 5.74) is 3.24. The monoisotopic (exact) mass is 188 g/mol. The first-order valence-corrected chi connectivity index (χ1v) is 4.80. The Morgan fingerprint density at radius 1 is 1.36 bits per heavy atom. The van der Waals surface area contributed by atoms with Crippen molar-refractivity contribution in [2.24, 2.45) is 0 Å². The third-order valence-electron chi connectivity index (χ3n) is 2.15. The number of Topliss-reactive ketones (excluding diaryl/α,β-unsaturated/α-hetero) is 1. The molecule has 0 unspecified atom stereocenters. The predicted molar refractivity (Wildman–Crippen MR) is 59.3 cm³/mol. The fraction of sp³-hybridized carbons (Fsp3) is 0.308. The van der Waals surface area contributed by atoms with E-state index in [1.807, 2.05) is 38.1 Å². The summed E-state index contributed by atoms with van der Waals surface area (Å²) in [5, 5.41) is 0. The number of carbonyl (C=O) groups excluding carboxylic acids is 1. The third kappa shape index (κ3) is 3.17. The SMILES string of the molecule is C=C(C)CC(=O)Cc1ccccc1C. The Morgan fingerprint density at radius 3 is 2.57 bits per heavy atom. The van der Waals surface area contributed by atoms with Crippen LogP contribution in [-0.4, -0.2) is 5.78 Å². The van der Waals surface area contributed by atoms with E-state index in [2.05, 4.69) is 6.58 Å². The highest BCUT2D eigenvalue weighted by atomic mass is 16.1. The molecule has 1 heteroatoms. The minimum atomic E-state index is 0.242. The van der Waals surface area contributed by atoms with E-state index >= 15 is 0 Å². The van der Waals surface area contributed by atoms with Crippen LogP contribution in [0.1, 0.15) is 24.5 Å². The Bertz CT molecular complexity index is 350. The molecule has 0 saturated carbocycles. The van der Waals surface area contributed by atoms with Crippen LogP contribution in [0.3, 0.4) is 0 Å². The molecule has 14 heavy (non-hydrogen) atoms. The summed E-state index contributed by atoms with van der Waals surface area (Å²) in [6.07, 6.45) is 1.02. The molecule has 0 aliphatic heterocycles. The number of hydrogen-bond donors (Lipinski definition) is 0. The highest BCUT2D eigenvalue weighted by Crippen LogP contribution is 2.10. The van der Waals surface area contributed by atoms with Crippen LogP contribution in [0, 0.1) is 6.92 Å². The predicted octanol–water partition coefficient (Wildman–Crippen LogP) is 3.07. The lowest BCUT2D eigenvalue weighted by Gasteiger charge is -2.04. The maximum atomic E-state index is 11.5. The van der Waals surface area contributed by atoms with Gasteiger partial charge in [0.05, 0.1) is 0 Å². The highest BCUT2D eigenvalue weighted by Gasteiger charge is 2.05. The van der Waals surface area contributed by atoms with Gasteiger partial charge in [-0.3, -0.25) is 4.79 Å². The van der Waals surface area contributed by atoms with Gasteiger partial charge in [0, 0.05) is 12.8 Å². The van der Waals surface area contributed by atoms with Crippen LogP contribution >= 0.6 is 0 Å². The largest absolute Gasteiger partial charge is 0.299 e. The lowest BCUT2D eigenvalue weighted by molar-refractivity contribution is -0.117. The molecule has 0 aliphatic carbocycles. The van der Waals surface area contributed by atoms with Crippen molar-refractivity contribution in [2.75, 3.05) is 0 Å². The summed E-state index contributed by atoms with van der Waals surface area (Å²) in [7, 11) is 0. The number of rotatable bonds is 4. The van der Waals surface area contributed by atoms with Gasteiger partial charge in [-0.1, -0.05) is 36.4 Å². The van der Waals surface area contributed by atoms with Crippen molar-refractivity contribution >= 4 is 5.78 Å². The Hall–Kier alpha value is -1.37. The molecule has 0 atom stereocenters. The molecule has 0 aromatic heterocycles. The van der Waals surface area contributed by atoms with E-state index in [4.69, 9.17) is 0 Å². The van der Waals surface area contributed by atoms with Crippen molar-refractivity contribution < 1.29 is 4.79 Å². The molecule has 1 rings (SSSR count). The molecule has 0 radical (unpaired) electrons. The van der Waals surface area contributed by atoms with E-state index in [0.717, 1.165) is 11.1 Å². The van der Waals surface area contributed by atoms with Crippen LogP contribution in [0.25, 0.3) is 0 Å². The van der Waals surface area contributed by atoms with E-state index in [0.29, 0.717) is 12.8 Å². The lowest BCUT2D eigenvalue weighted by Crippen LogP contribution is -2.03. The number of benzene rings is 1. The lowest BCUT2D eigenvalue weighted by atomic mass is 10.0. The van der Waals surface area contributed by atoms with Gasteiger partial charge in [0.15, 0.2) is 0 Å². The van der Waals surface area contributed by atoms with E-state index in [1.165, 1.54) is 5.56 Å². The van der Waals surface area contributed by atoms with Crippen LogP contribution in [0.15, 0.2) is 36.4 Å². The number of carbonyl (C=O) groups is 1. The molecule has 0 bridgehead atoms. The topological polar surface area (TPSA) is 17.1 Å². The van der Waals surface area contributed by atoms with E-state index in [9.17, 15) is 4.79 Å². The minimum absolute atomic E-state index is 0.242. The molecule has 1 nitrogen and oxygen atoms in total. The summed E-state index contributed by atoms with van der Waals surface area (Å²) in [6.45, 7) is 7.65. The highest BCUT2D eigenvalue weighted by molar-refractivity contribution is 5.83. The summed E-state index contributed by atoms with van der Waals surface area (Å²) in [6, 6.07) is 7.99. The summed E-state index contributed by atoms with van der Waals surface area (Å²) in [5.74, 6) is 0.242. The van der Waals surface area contributed by atoms with Gasteiger partial charge in [-0.05, 0) is 25.0 Å². The number of aryl methyl sites for hydroxylation is 1. The minimum Gasteiger partial charge on any atom is -0.299 e. The quantitative estimate of drug-likeness (QED) is 0.664. The zero-order valence-electron chi connectivity index (χ0n) is 8.84. The average Bonchev–Trinajstić information content (AvgIpc) is 2.07. The molecule has 1 aromatic rings. The molecule has 1 aromatic carbocycles. The molecule has 74 valence electrons. The Morgan fingerprint density at radius 2 is 2.00 bits per heavy atom. The second-order valence-electron chi connectivity index (χ2n) is 3.78. The van der Waals surface area contributed by atoms with Gasteiger partial charge in [-0.15, -0.1) is 0 Å². The van der Waals surface area contributed by atoms with Crippen molar-refractivity contribution in [1.82, 2.24) is 0 Å². The van der Waals surface area contributed by atoms with Crippen molar-refractivity contribution in [3.63, 3.8) is 0 Å². The molecule has 0 heterocycles. The molecule has 0 aliphatic rings. The molecule has 0 fully saturated rings. The van der Waals surface area contributed by atoms with Crippen molar-refractivity contribution in [3.8, 4) is 0 Å². The van der Waals surface area contributed by atoms with Crippen molar-refractivity contribution in [1.29, 1.82) is 0 Å². The average molecular weight is 188 g/mol. The second kappa shape index (κ2) is 4.75. The number of hydrogen-bond acceptors (Lipinski definition) is 1. The molecule has 0 amide bonds. The summed E-state index contributed by atoms with van der Waals surface area (Å²) in [4.78, 5) is 11.5. The Balaban J connectivity index is 2.65. The molecular weight excluding hydrogens is 172 g/mol. The normalized spacial score (nSPS) is 9.86. The molecular formula is C13H16O. The first-order valence-electron chi connectivity index (χ1n) is 4.80. The first-order chi connectivity index (χ1) is 6.59. The maximum absolute atomic E-state index is 11.5. The summed E-state index contributed by atoms with van der Waals surface area (Å²) >= 11 is 0. The van der Waals surface area contributed by atoms with Gasteiger partial charge in [0.2, 0.25) is 0 Å². The first kappa shape index (κ1) is 10.7. The van der Waals surface area contributed by atoms with Gasteiger partial charge in [0.25, 0.3) is 0 Å². The smallest absolute Gasteiger partial charge is 0.141 e. The van der Waals surface area contributed by atoms with Crippen molar-refractivity contribution in [3.05, 3.63) is 47.5 Å². The van der Waals surface area contributed by atoms with Crippen LogP contribution in [-0.2, 0) is 11.2 Å². The van der Waals surface area contributed by atoms with Gasteiger partial charge >= 0.3 is 0 Å². The Labute approximate surface area is 85.5 Å². The molecule has 0 N–H and O–H groups in total. The van der Waals surface area contributed by atoms with Gasteiger partial charge in [0.1, 0.15) is 5.78 Å². The standard InChI is InChI=1S/C13H16O/c1-10(2)8-13(14)9-12-7-5-4-6-11(12)3/h4-7H,1,8-9H2,2-3H3. The zero-order chi connectivity index (χ0) is 10.6. The molecule has 0 saturated heterocycles. The number of allylic oxidation sites excluding steroid dienone is 1. The van der Waals surface area contributed by atoms with Crippen molar-refractivity contribution in [2.45, 2.75) is 26.7 Å². The fourth-order valence-corrected chi connectivity index (χ4v) is 1.42. The number of ketones is 1. The Kier molecular flexibility index (Phi) is 3.63.